The van der Waals surface area contributed by atoms with Gasteiger partial charge in [-0.15, -0.1) is 0 Å². The first kappa shape index (κ1) is 8.29. The molecule has 13 heavy (non-hydrogen) atoms. The first-order chi connectivity index (χ1) is 6.27. The van der Waals surface area contributed by atoms with Crippen LogP contribution in [0, 0.1) is 5.92 Å². The predicted molar refractivity (Wildman–Crippen MR) is 48.7 cm³/mol. The Morgan fingerprint density at radius 2 is 2.15 bits per heavy atom. The normalized spacial score (nSPS) is 16.0. The Morgan fingerprint density at radius 3 is 2.85 bits per heavy atom. The second-order valence-electron chi connectivity index (χ2n) is 3.58. The van der Waals surface area contributed by atoms with Gasteiger partial charge in [-0.1, -0.05) is 12.8 Å². The highest BCUT2D eigenvalue weighted by atomic mass is 16.2. The molecule has 1 fully saturated rings. The van der Waals surface area contributed by atoms with E-state index in [4.69, 9.17) is 0 Å². The van der Waals surface area contributed by atoms with Crippen LogP contribution >= 0.6 is 0 Å². The van der Waals surface area contributed by atoms with Crippen molar-refractivity contribution in [3.05, 3.63) is 32.3 Å². The Bertz CT molecular complexity index is 401. The molecule has 1 heterocycles. The molecule has 1 aliphatic carbocycles. The van der Waals surface area contributed by atoms with Gasteiger partial charge in [0.05, 0.1) is 0 Å². The molecule has 2 N–H and O–H groups in total. The van der Waals surface area contributed by atoms with E-state index in [9.17, 15) is 9.59 Å². The van der Waals surface area contributed by atoms with Crippen LogP contribution in [0.1, 0.15) is 24.8 Å². The number of aromatic nitrogens is 2. The summed E-state index contributed by atoms with van der Waals surface area (Å²) in [6.45, 7) is 0. The molecule has 4 nitrogen and oxygen atoms in total. The van der Waals surface area contributed by atoms with Crippen LogP contribution < -0.4 is 11.0 Å². The van der Waals surface area contributed by atoms with Gasteiger partial charge in [0.25, 0.3) is 0 Å². The molecule has 0 aromatic carbocycles. The molecule has 1 saturated carbocycles. The van der Waals surface area contributed by atoms with Crippen molar-refractivity contribution in [2.24, 2.45) is 5.92 Å². The summed E-state index contributed by atoms with van der Waals surface area (Å²) in [5.74, 6) is 0.790. The topological polar surface area (TPSA) is 65.7 Å². The van der Waals surface area contributed by atoms with Crippen molar-refractivity contribution >= 4 is 0 Å². The van der Waals surface area contributed by atoms with Crippen molar-refractivity contribution in [2.45, 2.75) is 25.7 Å². The summed E-state index contributed by atoms with van der Waals surface area (Å²) in [4.78, 5) is 22.1. The van der Waals surface area contributed by atoms with Gasteiger partial charge >= 0.3 is 5.56 Å². The van der Waals surface area contributed by atoms with Crippen molar-refractivity contribution in [2.75, 3.05) is 0 Å². The fraction of sp³-hybridized carbons (Fsp3) is 0.556. The minimum Gasteiger partial charge on any atom is -0.305 e. The molecule has 1 aromatic rings. The maximum atomic E-state index is 11.2. The Kier molecular flexibility index (Phi) is 2.04. The molecule has 4 heteroatoms. The van der Waals surface area contributed by atoms with E-state index in [0.717, 1.165) is 18.8 Å². The van der Waals surface area contributed by atoms with Gasteiger partial charge in [0.1, 0.15) is 0 Å². The smallest absolute Gasteiger partial charge is 0.305 e. The van der Waals surface area contributed by atoms with Crippen LogP contribution in [0.3, 0.4) is 0 Å². The predicted octanol–water partition coefficient (Wildman–Crippen LogP) is 0.406. The zero-order valence-electron chi connectivity index (χ0n) is 7.30. The Balaban J connectivity index is 2.14. The molecule has 0 unspecified atom stereocenters. The van der Waals surface area contributed by atoms with Gasteiger partial charge in [0.2, 0.25) is 5.43 Å². The van der Waals surface area contributed by atoms with E-state index in [1.807, 2.05) is 0 Å². The molecule has 1 aliphatic rings. The first-order valence-electron chi connectivity index (χ1n) is 4.56. The van der Waals surface area contributed by atoms with E-state index < -0.39 is 5.56 Å². The third-order valence-electron chi connectivity index (χ3n) is 2.45. The number of hydrogen-bond donors (Lipinski definition) is 2. The minimum atomic E-state index is -0.548. The van der Waals surface area contributed by atoms with Crippen LogP contribution in [0.15, 0.2) is 15.8 Å². The average Bonchev–Trinajstić information content (AvgIpc) is 2.91. The molecule has 0 atom stereocenters. The summed E-state index contributed by atoms with van der Waals surface area (Å²) >= 11 is 0. The van der Waals surface area contributed by atoms with E-state index in [-0.39, 0.29) is 5.43 Å². The minimum absolute atomic E-state index is 0.389. The summed E-state index contributed by atoms with van der Waals surface area (Å²) in [5, 5.41) is 4.83. The number of aromatic amines is 2. The van der Waals surface area contributed by atoms with Crippen molar-refractivity contribution in [1.29, 1.82) is 0 Å². The van der Waals surface area contributed by atoms with Gasteiger partial charge in [0.15, 0.2) is 0 Å². The summed E-state index contributed by atoms with van der Waals surface area (Å²) < 4.78 is 0. The van der Waals surface area contributed by atoms with Gasteiger partial charge in [-0.05, 0) is 18.8 Å². The zero-order chi connectivity index (χ0) is 9.26. The third kappa shape index (κ3) is 1.88. The molecule has 0 spiro atoms. The van der Waals surface area contributed by atoms with Crippen molar-refractivity contribution in [3.63, 3.8) is 0 Å². The molecule has 0 bridgehead atoms. The molecule has 70 valence electrons. The van der Waals surface area contributed by atoms with Gasteiger partial charge in [-0.3, -0.25) is 14.7 Å². The Labute approximate surface area is 75.0 Å². The standard InChI is InChI=1S/C9H12N2O2/c12-8-7(4-3-6-1-2-6)5-10-11-9(8)13/h5-6H,1-4H2,(H,10,12)(H,11,13). The lowest BCUT2D eigenvalue weighted by Gasteiger charge is -1.96. The summed E-state index contributed by atoms with van der Waals surface area (Å²) in [7, 11) is 0. The number of nitrogens with one attached hydrogen (secondary N) is 2. The van der Waals surface area contributed by atoms with Gasteiger partial charge < -0.3 is 5.10 Å². The SMILES string of the molecule is O=c1[nH][nH]cc(CCC2CC2)c1=O. The van der Waals surface area contributed by atoms with Crippen LogP contribution in [0.25, 0.3) is 0 Å². The number of rotatable bonds is 3. The summed E-state index contributed by atoms with van der Waals surface area (Å²) in [5.41, 5.74) is -0.330. The quantitative estimate of drug-likeness (QED) is 0.661. The van der Waals surface area contributed by atoms with Gasteiger partial charge in [-0.2, -0.15) is 0 Å². The maximum absolute atomic E-state index is 11.2. The maximum Gasteiger partial charge on any atom is 0.310 e. The van der Waals surface area contributed by atoms with Crippen LogP contribution in [-0.2, 0) is 6.42 Å². The second kappa shape index (κ2) is 3.20. The molecule has 0 amide bonds. The van der Waals surface area contributed by atoms with Gasteiger partial charge in [-0.25, -0.2) is 0 Å². The number of hydrogen-bond acceptors (Lipinski definition) is 2. The highest BCUT2D eigenvalue weighted by molar-refractivity contribution is 5.06. The van der Waals surface area contributed by atoms with E-state index in [1.165, 1.54) is 12.8 Å². The first-order valence-corrected chi connectivity index (χ1v) is 4.56. The lowest BCUT2D eigenvalue weighted by Crippen LogP contribution is -2.30. The highest BCUT2D eigenvalue weighted by Gasteiger charge is 2.21. The lowest BCUT2D eigenvalue weighted by atomic mass is 10.1. The Hall–Kier alpha value is -1.32. The van der Waals surface area contributed by atoms with Crippen molar-refractivity contribution < 1.29 is 0 Å². The molecular formula is C9H12N2O2. The third-order valence-corrected chi connectivity index (χ3v) is 2.45. The lowest BCUT2D eigenvalue weighted by molar-refractivity contribution is 0.717. The average molecular weight is 180 g/mol. The second-order valence-corrected chi connectivity index (χ2v) is 3.58. The van der Waals surface area contributed by atoms with Crippen LogP contribution in [-0.4, -0.2) is 10.2 Å². The summed E-state index contributed by atoms with van der Waals surface area (Å²) in [6, 6.07) is 0. The molecule has 0 radical (unpaired) electrons. The van der Waals surface area contributed by atoms with Crippen LogP contribution in [0.4, 0.5) is 0 Å². The van der Waals surface area contributed by atoms with E-state index >= 15 is 0 Å². The van der Waals surface area contributed by atoms with Crippen molar-refractivity contribution in [1.82, 2.24) is 10.2 Å². The molecule has 2 rings (SSSR count). The molecule has 0 aliphatic heterocycles. The van der Waals surface area contributed by atoms with E-state index in [2.05, 4.69) is 10.2 Å². The molecule has 0 saturated heterocycles. The molecular weight excluding hydrogens is 168 g/mol. The van der Waals surface area contributed by atoms with E-state index in [0.29, 0.717) is 5.56 Å². The number of H-pyrrole nitrogens is 2. The monoisotopic (exact) mass is 180 g/mol. The zero-order valence-corrected chi connectivity index (χ0v) is 7.30. The number of aryl methyl sites for hydroxylation is 1. The highest BCUT2D eigenvalue weighted by Crippen LogP contribution is 2.32. The Morgan fingerprint density at radius 1 is 1.38 bits per heavy atom. The fourth-order valence-corrected chi connectivity index (χ4v) is 1.41. The van der Waals surface area contributed by atoms with Crippen LogP contribution in [0.5, 0.6) is 0 Å². The van der Waals surface area contributed by atoms with Crippen LogP contribution in [0.2, 0.25) is 0 Å². The molecule has 1 aromatic heterocycles. The van der Waals surface area contributed by atoms with E-state index in [1.54, 1.807) is 6.20 Å². The van der Waals surface area contributed by atoms with Crippen molar-refractivity contribution in [3.8, 4) is 0 Å². The fourth-order valence-electron chi connectivity index (χ4n) is 1.41. The largest absolute Gasteiger partial charge is 0.310 e. The summed E-state index contributed by atoms with van der Waals surface area (Å²) in [6.07, 6.45) is 5.91. The van der Waals surface area contributed by atoms with Gasteiger partial charge in [0, 0.05) is 11.8 Å².